The van der Waals surface area contributed by atoms with Crippen molar-refractivity contribution in [2.45, 2.75) is 59.0 Å². The zero-order valence-corrected chi connectivity index (χ0v) is 26.5. The SMILES string of the molecule is CC1=CC(=O)NS(=O)(=O)O1.COC(=O)[C@H](Cc1ccccc1)NC(=O)[C@H](CC(=O)O)NCCC(C)(C)C.[H-].[K+]. The number of carbonyl (C=O) groups excluding carboxylic acids is 3. The van der Waals surface area contributed by atoms with Gasteiger partial charge >= 0.3 is 73.6 Å². The van der Waals surface area contributed by atoms with Gasteiger partial charge in [-0.3, -0.25) is 14.4 Å². The van der Waals surface area contributed by atoms with Crippen molar-refractivity contribution in [1.82, 2.24) is 15.4 Å². The van der Waals surface area contributed by atoms with Crippen molar-refractivity contribution in [3.8, 4) is 0 Å². The van der Waals surface area contributed by atoms with Gasteiger partial charge in [0.05, 0.1) is 19.6 Å². The first-order valence-corrected chi connectivity index (χ1v) is 12.8. The van der Waals surface area contributed by atoms with Gasteiger partial charge in [0.1, 0.15) is 11.8 Å². The fourth-order valence-corrected chi connectivity index (χ4v) is 3.81. The Morgan fingerprint density at radius 1 is 1.16 bits per heavy atom. The van der Waals surface area contributed by atoms with Crippen LogP contribution in [-0.2, 0) is 44.8 Å². The number of hydrogen-bond donors (Lipinski definition) is 4. The van der Waals surface area contributed by atoms with Gasteiger partial charge in [-0.25, -0.2) is 9.52 Å². The molecular weight excluding hydrogens is 545 g/mol. The zero-order chi connectivity index (χ0) is 28.2. The fourth-order valence-electron chi connectivity index (χ4n) is 3.07. The van der Waals surface area contributed by atoms with Crippen molar-refractivity contribution >= 4 is 34.1 Å². The molecule has 0 unspecified atom stereocenters. The molecule has 0 aliphatic carbocycles. The summed E-state index contributed by atoms with van der Waals surface area (Å²) in [4.78, 5) is 46.3. The maximum atomic E-state index is 12.6. The molecule has 0 saturated carbocycles. The normalized spacial score (nSPS) is 15.5. The van der Waals surface area contributed by atoms with Crippen molar-refractivity contribution in [1.29, 1.82) is 0 Å². The number of benzene rings is 1. The van der Waals surface area contributed by atoms with Crippen LogP contribution in [0.5, 0.6) is 0 Å². The van der Waals surface area contributed by atoms with E-state index in [0.29, 0.717) is 6.54 Å². The summed E-state index contributed by atoms with van der Waals surface area (Å²) in [6.45, 7) is 8.07. The molecule has 0 spiro atoms. The minimum atomic E-state index is -3.85. The molecule has 208 valence electrons. The number of carbonyl (C=O) groups is 4. The van der Waals surface area contributed by atoms with Crippen LogP contribution < -0.4 is 66.7 Å². The van der Waals surface area contributed by atoms with Crippen LogP contribution in [0.4, 0.5) is 0 Å². The molecule has 0 fully saturated rings. The summed E-state index contributed by atoms with van der Waals surface area (Å²) in [5.74, 6) is -2.79. The maximum absolute atomic E-state index is 12.6. The Hall–Kier alpha value is -1.81. The van der Waals surface area contributed by atoms with E-state index < -0.39 is 46.1 Å². The Kier molecular flexibility index (Phi) is 16.2. The van der Waals surface area contributed by atoms with Crippen LogP contribution in [0.3, 0.4) is 0 Å². The maximum Gasteiger partial charge on any atom is 1.00 e. The van der Waals surface area contributed by atoms with Crippen LogP contribution in [0, 0.1) is 5.41 Å². The van der Waals surface area contributed by atoms with E-state index in [2.05, 4.69) is 35.6 Å². The van der Waals surface area contributed by atoms with Crippen LogP contribution in [-0.4, -0.2) is 63.0 Å². The molecule has 4 N–H and O–H groups in total. The van der Waals surface area contributed by atoms with E-state index in [0.717, 1.165) is 18.1 Å². The van der Waals surface area contributed by atoms with Crippen LogP contribution >= 0.6 is 0 Å². The van der Waals surface area contributed by atoms with Crippen molar-refractivity contribution in [3.05, 3.63) is 47.7 Å². The summed E-state index contributed by atoms with van der Waals surface area (Å²) < 4.78 is 31.6. The first-order chi connectivity index (χ1) is 17.1. The molecule has 1 aliphatic rings. The van der Waals surface area contributed by atoms with Crippen LogP contribution in [0.25, 0.3) is 0 Å². The van der Waals surface area contributed by atoms with E-state index in [4.69, 9.17) is 9.84 Å². The van der Waals surface area contributed by atoms with E-state index in [1.807, 2.05) is 30.3 Å². The molecule has 0 bridgehead atoms. The summed E-state index contributed by atoms with van der Waals surface area (Å²) in [7, 11) is -2.60. The Balaban J connectivity index is 0. The Bertz CT molecular complexity index is 1090. The van der Waals surface area contributed by atoms with Gasteiger partial charge in [0.25, 0.3) is 5.91 Å². The number of nitrogens with one attached hydrogen (secondary N) is 3. The Morgan fingerprint density at radius 3 is 2.24 bits per heavy atom. The number of ether oxygens (including phenoxy) is 1. The topological polar surface area (TPSA) is 177 Å². The van der Waals surface area contributed by atoms with E-state index >= 15 is 0 Å². The average molecular weight is 582 g/mol. The van der Waals surface area contributed by atoms with E-state index in [1.165, 1.54) is 14.0 Å². The molecule has 1 aliphatic heterocycles. The van der Waals surface area contributed by atoms with Gasteiger partial charge in [-0.05, 0) is 30.9 Å². The van der Waals surface area contributed by atoms with Gasteiger partial charge in [0, 0.05) is 12.5 Å². The monoisotopic (exact) mass is 581 g/mol. The van der Waals surface area contributed by atoms with Crippen LogP contribution in [0.2, 0.25) is 0 Å². The predicted octanol–water partition coefficient (Wildman–Crippen LogP) is -1.85. The molecule has 1 aromatic carbocycles. The second-order valence-electron chi connectivity index (χ2n) is 9.45. The third kappa shape index (κ3) is 15.6. The fraction of sp³-hybridized carbons (Fsp3) is 0.500. The number of allylic oxidation sites excluding steroid dienone is 1. The van der Waals surface area contributed by atoms with Gasteiger partial charge < -0.3 is 26.1 Å². The standard InChI is InChI=1S/C20H30N2O5.C4H5NO4S.K.H/c1-20(2,3)10-11-21-15(13-17(23)24)18(25)22-16(19(26)27-4)12-14-8-6-5-7-9-14;1-3-2-4(6)5-10(7,8)9-3;;/h5-9,15-16,21H,10-13H2,1-4H3,(H,22,25)(H,23,24);2H,1H3,(H,5,6);;/q;;+1;-1/t15-,16-;;;/m0.../s1. The summed E-state index contributed by atoms with van der Waals surface area (Å²) in [5, 5.41) is 14.7. The molecular formula is C24H36KN3O9S. The largest absolute Gasteiger partial charge is 1.00 e. The predicted molar refractivity (Wildman–Crippen MR) is 135 cm³/mol. The number of esters is 1. The molecule has 2 amide bonds. The number of hydrogen-bond acceptors (Lipinski definition) is 9. The smallest absolute Gasteiger partial charge is 1.00 e. The van der Waals surface area contributed by atoms with Crippen molar-refractivity contribution < 1.29 is 94.4 Å². The summed E-state index contributed by atoms with van der Waals surface area (Å²) in [6, 6.07) is 7.42. The second-order valence-corrected chi connectivity index (χ2v) is 10.7. The zero-order valence-electron chi connectivity index (χ0n) is 23.6. The molecule has 14 heteroatoms. The van der Waals surface area contributed by atoms with Gasteiger partial charge in [0.15, 0.2) is 0 Å². The van der Waals surface area contributed by atoms with Crippen molar-refractivity contribution in [3.63, 3.8) is 0 Å². The molecule has 0 aromatic heterocycles. The number of amides is 2. The first kappa shape index (κ1) is 36.2. The van der Waals surface area contributed by atoms with Crippen molar-refractivity contribution in [2.75, 3.05) is 13.7 Å². The van der Waals surface area contributed by atoms with E-state index in [1.54, 1.807) is 4.72 Å². The van der Waals surface area contributed by atoms with Gasteiger partial charge in [-0.15, -0.1) is 0 Å². The molecule has 2 atom stereocenters. The molecule has 12 nitrogen and oxygen atoms in total. The number of methoxy groups -OCH3 is 1. The number of rotatable bonds is 10. The Labute approximate surface area is 267 Å². The minimum absolute atomic E-state index is 0. The van der Waals surface area contributed by atoms with Gasteiger partial charge in [-0.2, -0.15) is 8.42 Å². The minimum Gasteiger partial charge on any atom is -1.00 e. The molecule has 1 aromatic rings. The van der Waals surface area contributed by atoms with Crippen LogP contribution in [0.15, 0.2) is 42.2 Å². The number of aliphatic carboxylic acids is 1. The third-order valence-electron chi connectivity index (χ3n) is 4.85. The number of carboxylic acids is 1. The van der Waals surface area contributed by atoms with E-state index in [-0.39, 0.29) is 76.8 Å². The molecule has 0 radical (unpaired) electrons. The second kappa shape index (κ2) is 17.0. The first-order valence-electron chi connectivity index (χ1n) is 11.4. The molecule has 1 heterocycles. The van der Waals surface area contributed by atoms with Gasteiger partial charge in [0.2, 0.25) is 5.91 Å². The van der Waals surface area contributed by atoms with Crippen LogP contribution in [0.1, 0.15) is 47.5 Å². The average Bonchev–Trinajstić information content (AvgIpc) is 2.75. The quantitative estimate of drug-likeness (QED) is 0.181. The summed E-state index contributed by atoms with van der Waals surface area (Å²) in [6.07, 6.45) is 1.73. The summed E-state index contributed by atoms with van der Waals surface area (Å²) >= 11 is 0. The van der Waals surface area contributed by atoms with Gasteiger partial charge in [-0.1, -0.05) is 51.1 Å². The molecule has 2 rings (SSSR count). The third-order valence-corrected chi connectivity index (χ3v) is 5.78. The molecule has 38 heavy (non-hydrogen) atoms. The van der Waals surface area contributed by atoms with E-state index in [9.17, 15) is 27.6 Å². The van der Waals surface area contributed by atoms with Crippen molar-refractivity contribution in [2.24, 2.45) is 5.41 Å². The number of carboxylic acid groups (broad SMARTS) is 1. The Morgan fingerprint density at radius 2 is 1.76 bits per heavy atom. The molecule has 0 saturated heterocycles. The summed E-state index contributed by atoms with van der Waals surface area (Å²) in [5.41, 5.74) is 0.919.